The van der Waals surface area contributed by atoms with Gasteiger partial charge in [-0.15, -0.1) is 0 Å². The van der Waals surface area contributed by atoms with Gasteiger partial charge in [-0.25, -0.2) is 9.69 Å². The molecular weight excluding hydrogens is 472 g/mol. The predicted molar refractivity (Wildman–Crippen MR) is 143 cm³/mol. The highest BCUT2D eigenvalue weighted by molar-refractivity contribution is 8.04. The van der Waals surface area contributed by atoms with Crippen LogP contribution in [0.25, 0.3) is 0 Å². The van der Waals surface area contributed by atoms with Gasteiger partial charge < -0.3 is 10.1 Å². The van der Waals surface area contributed by atoms with Crippen LogP contribution < -0.4 is 10.2 Å². The Morgan fingerprint density at radius 2 is 1.58 bits per heavy atom. The third kappa shape index (κ3) is 5.69. The molecule has 0 fully saturated rings. The molecule has 0 saturated carbocycles. The molecule has 1 heterocycles. The van der Waals surface area contributed by atoms with Crippen LogP contribution in [0.3, 0.4) is 0 Å². The molecule has 36 heavy (non-hydrogen) atoms. The number of carbonyl (C=O) groups is 3. The van der Waals surface area contributed by atoms with Crippen molar-refractivity contribution in [3.63, 3.8) is 0 Å². The summed E-state index contributed by atoms with van der Waals surface area (Å²) in [6, 6.07) is 21.7. The number of aryl methyl sites for hydroxylation is 2. The van der Waals surface area contributed by atoms with Gasteiger partial charge in [-0.3, -0.25) is 9.59 Å². The summed E-state index contributed by atoms with van der Waals surface area (Å²) < 4.78 is 5.25. The molecule has 4 rings (SSSR count). The van der Waals surface area contributed by atoms with Crippen LogP contribution in [-0.2, 0) is 14.3 Å². The maximum Gasteiger partial charge on any atom is 0.338 e. The lowest BCUT2D eigenvalue weighted by Gasteiger charge is -2.16. The van der Waals surface area contributed by atoms with Crippen LogP contribution in [0.1, 0.15) is 41.3 Å². The highest BCUT2D eigenvalue weighted by atomic mass is 32.2. The number of hydrogen-bond acceptors (Lipinski definition) is 6. The number of amides is 2. The number of nitrogens with one attached hydrogen (secondary N) is 1. The van der Waals surface area contributed by atoms with Crippen LogP contribution in [0.15, 0.2) is 88.3 Å². The van der Waals surface area contributed by atoms with Crippen molar-refractivity contribution in [2.75, 3.05) is 16.8 Å². The van der Waals surface area contributed by atoms with Crippen molar-refractivity contribution in [1.82, 2.24) is 0 Å². The van der Waals surface area contributed by atoms with Gasteiger partial charge in [-0.05, 0) is 79.9 Å². The molecule has 0 atom stereocenters. The van der Waals surface area contributed by atoms with E-state index in [0.717, 1.165) is 39.5 Å². The number of hydrogen-bond donors (Lipinski definition) is 1. The Labute approximate surface area is 215 Å². The standard InChI is InChI=1S/C29H28N2O4S/c1-4-5-15-35-29(34)21-11-13-23(14-12-21)31-27(32)25(30-22-17-19(2)16-20(3)18-22)26(28(31)33)36-24-9-7-6-8-10-24/h6-14,16-18,30H,4-5,15H2,1-3H3. The van der Waals surface area contributed by atoms with Crippen molar-refractivity contribution < 1.29 is 19.1 Å². The molecule has 6 nitrogen and oxygen atoms in total. The number of esters is 1. The largest absolute Gasteiger partial charge is 0.462 e. The summed E-state index contributed by atoms with van der Waals surface area (Å²) in [4.78, 5) is 41.7. The minimum absolute atomic E-state index is 0.224. The van der Waals surface area contributed by atoms with Gasteiger partial charge in [0.25, 0.3) is 11.8 Å². The number of benzene rings is 3. The van der Waals surface area contributed by atoms with Crippen LogP contribution in [0.4, 0.5) is 11.4 Å². The zero-order valence-corrected chi connectivity index (χ0v) is 21.4. The molecule has 2 amide bonds. The molecular formula is C29H28N2O4S. The topological polar surface area (TPSA) is 75.7 Å². The first kappa shape index (κ1) is 25.3. The first-order valence-electron chi connectivity index (χ1n) is 11.9. The number of anilines is 2. The molecule has 0 unspecified atom stereocenters. The van der Waals surface area contributed by atoms with Gasteiger partial charge >= 0.3 is 5.97 Å². The second-order valence-electron chi connectivity index (χ2n) is 8.60. The van der Waals surface area contributed by atoms with E-state index in [1.165, 1.54) is 11.8 Å². The molecule has 0 spiro atoms. The lowest BCUT2D eigenvalue weighted by Crippen LogP contribution is -2.32. The number of ether oxygens (including phenoxy) is 1. The summed E-state index contributed by atoms with van der Waals surface area (Å²) in [5.41, 5.74) is 3.81. The number of thioether (sulfide) groups is 1. The van der Waals surface area contributed by atoms with E-state index in [2.05, 4.69) is 5.32 Å². The maximum absolute atomic E-state index is 13.6. The van der Waals surface area contributed by atoms with Crippen molar-refractivity contribution in [3.8, 4) is 0 Å². The van der Waals surface area contributed by atoms with E-state index in [9.17, 15) is 14.4 Å². The summed E-state index contributed by atoms with van der Waals surface area (Å²) in [5.74, 6) is -1.29. The zero-order chi connectivity index (χ0) is 25.7. The van der Waals surface area contributed by atoms with E-state index in [4.69, 9.17) is 4.74 Å². The zero-order valence-electron chi connectivity index (χ0n) is 20.5. The monoisotopic (exact) mass is 500 g/mol. The van der Waals surface area contributed by atoms with Crippen LogP contribution in [-0.4, -0.2) is 24.4 Å². The molecule has 1 N–H and O–H groups in total. The van der Waals surface area contributed by atoms with Crippen LogP contribution in [0.2, 0.25) is 0 Å². The summed E-state index contributed by atoms with van der Waals surface area (Å²) in [6.45, 7) is 6.34. The second-order valence-corrected chi connectivity index (χ2v) is 9.69. The normalized spacial score (nSPS) is 13.4. The number of unbranched alkanes of at least 4 members (excludes halogenated alkanes) is 1. The molecule has 0 aliphatic carbocycles. The molecule has 0 saturated heterocycles. The van der Waals surface area contributed by atoms with Gasteiger partial charge in [0.05, 0.1) is 17.9 Å². The van der Waals surface area contributed by atoms with Gasteiger partial charge in [0.1, 0.15) is 10.6 Å². The number of rotatable bonds is 9. The van der Waals surface area contributed by atoms with Crippen LogP contribution in [0.5, 0.6) is 0 Å². The summed E-state index contributed by atoms with van der Waals surface area (Å²) >= 11 is 1.25. The molecule has 0 bridgehead atoms. The highest BCUT2D eigenvalue weighted by Gasteiger charge is 2.40. The Kier molecular flexibility index (Phi) is 7.90. The Balaban J connectivity index is 1.64. The highest BCUT2D eigenvalue weighted by Crippen LogP contribution is 2.38. The van der Waals surface area contributed by atoms with Gasteiger partial charge in [-0.2, -0.15) is 0 Å². The van der Waals surface area contributed by atoms with Gasteiger partial charge in [0.15, 0.2) is 0 Å². The van der Waals surface area contributed by atoms with Crippen LogP contribution >= 0.6 is 11.8 Å². The number of carbonyl (C=O) groups excluding carboxylic acids is 3. The number of imide groups is 1. The van der Waals surface area contributed by atoms with Crippen LogP contribution in [0, 0.1) is 13.8 Å². The molecule has 184 valence electrons. The molecule has 0 radical (unpaired) electrons. The molecule has 0 aromatic heterocycles. The van der Waals surface area contributed by atoms with Crippen molar-refractivity contribution in [1.29, 1.82) is 0 Å². The summed E-state index contributed by atoms with van der Waals surface area (Å²) in [5, 5.41) is 3.20. The van der Waals surface area contributed by atoms with Crippen molar-refractivity contribution in [2.24, 2.45) is 0 Å². The first-order valence-corrected chi connectivity index (χ1v) is 12.7. The fourth-order valence-corrected chi connectivity index (χ4v) is 4.83. The fraction of sp³-hybridized carbons (Fsp3) is 0.207. The fourth-order valence-electron chi connectivity index (χ4n) is 3.89. The molecule has 3 aromatic rings. The predicted octanol–water partition coefficient (Wildman–Crippen LogP) is 6.25. The van der Waals surface area contributed by atoms with E-state index < -0.39 is 17.8 Å². The minimum atomic E-state index is -0.448. The Hall–Kier alpha value is -3.84. The average Bonchev–Trinajstić information content (AvgIpc) is 3.08. The van der Waals surface area contributed by atoms with Gasteiger partial charge in [-0.1, -0.05) is 49.4 Å². The third-order valence-corrected chi connectivity index (χ3v) is 6.68. The van der Waals surface area contributed by atoms with E-state index in [1.807, 2.05) is 69.3 Å². The molecule has 7 heteroatoms. The summed E-state index contributed by atoms with van der Waals surface area (Å²) in [7, 11) is 0. The Morgan fingerprint density at radius 3 is 2.22 bits per heavy atom. The lowest BCUT2D eigenvalue weighted by molar-refractivity contribution is -0.120. The minimum Gasteiger partial charge on any atom is -0.462 e. The van der Waals surface area contributed by atoms with E-state index in [1.54, 1.807) is 24.3 Å². The van der Waals surface area contributed by atoms with Gasteiger partial charge in [0, 0.05) is 10.6 Å². The number of nitrogens with zero attached hydrogens (tertiary/aromatic N) is 1. The van der Waals surface area contributed by atoms with Crippen molar-refractivity contribution in [3.05, 3.63) is 100 Å². The van der Waals surface area contributed by atoms with E-state index in [0.29, 0.717) is 22.8 Å². The van der Waals surface area contributed by atoms with Gasteiger partial charge in [0.2, 0.25) is 0 Å². The molecule has 1 aliphatic rings. The lowest BCUT2D eigenvalue weighted by atomic mass is 10.1. The summed E-state index contributed by atoms with van der Waals surface area (Å²) in [6.07, 6.45) is 1.73. The van der Waals surface area contributed by atoms with Crippen molar-refractivity contribution >= 4 is 40.9 Å². The quantitative estimate of drug-likeness (QED) is 0.213. The Morgan fingerprint density at radius 1 is 0.917 bits per heavy atom. The molecule has 1 aliphatic heterocycles. The third-order valence-electron chi connectivity index (χ3n) is 5.59. The van der Waals surface area contributed by atoms with E-state index >= 15 is 0 Å². The maximum atomic E-state index is 13.6. The van der Waals surface area contributed by atoms with Crippen molar-refractivity contribution in [2.45, 2.75) is 38.5 Å². The Bertz CT molecular complexity index is 1300. The first-order chi connectivity index (χ1) is 17.4. The average molecular weight is 501 g/mol. The molecule has 3 aromatic carbocycles. The second kappa shape index (κ2) is 11.3. The SMILES string of the molecule is CCCCOC(=O)c1ccc(N2C(=O)C(Nc3cc(C)cc(C)c3)=C(Sc3ccccc3)C2=O)cc1. The van der Waals surface area contributed by atoms with E-state index in [-0.39, 0.29) is 5.70 Å². The smallest absolute Gasteiger partial charge is 0.338 e.